The molecule has 0 saturated carbocycles. The second kappa shape index (κ2) is 3.74. The van der Waals surface area contributed by atoms with Gasteiger partial charge in [0.25, 0.3) is 0 Å². The van der Waals surface area contributed by atoms with Crippen molar-refractivity contribution in [3.05, 3.63) is 71.3 Å². The first-order valence-corrected chi connectivity index (χ1v) is 6.24. The Kier molecular flexibility index (Phi) is 2.26. The van der Waals surface area contributed by atoms with Gasteiger partial charge in [-0.25, -0.2) is 0 Å². The summed E-state index contributed by atoms with van der Waals surface area (Å²) >= 11 is 2.02. The Morgan fingerprint density at radius 3 is 2.47 bits per heavy atom. The fraction of sp³-hybridized carbons (Fsp3) is 0.143. The quantitative estimate of drug-likeness (QED) is 0.688. The molecule has 0 bridgehead atoms. The van der Waals surface area contributed by atoms with Crippen molar-refractivity contribution < 1.29 is 0 Å². The molecule has 0 nitrogen and oxygen atoms in total. The monoisotopic (exact) mass is 212 g/mol. The molecule has 0 N–H and O–H groups in total. The van der Waals surface area contributed by atoms with Gasteiger partial charge in [-0.1, -0.05) is 54.6 Å². The Morgan fingerprint density at radius 1 is 0.867 bits per heavy atom. The van der Waals surface area contributed by atoms with Gasteiger partial charge in [0.15, 0.2) is 0 Å². The molecular formula is C14H12S. The lowest BCUT2D eigenvalue weighted by atomic mass is 10.0. The van der Waals surface area contributed by atoms with Crippen LogP contribution in [0.1, 0.15) is 21.9 Å². The predicted molar refractivity (Wildman–Crippen MR) is 66.0 cm³/mol. The molecule has 0 saturated heterocycles. The zero-order valence-electron chi connectivity index (χ0n) is 8.39. The van der Waals surface area contributed by atoms with E-state index < -0.39 is 0 Å². The van der Waals surface area contributed by atoms with Gasteiger partial charge in [0.2, 0.25) is 0 Å². The molecule has 1 heterocycles. The summed E-state index contributed by atoms with van der Waals surface area (Å²) < 4.78 is 0. The van der Waals surface area contributed by atoms with Crippen LogP contribution in [-0.4, -0.2) is 0 Å². The van der Waals surface area contributed by atoms with E-state index in [0.29, 0.717) is 5.25 Å². The summed E-state index contributed by atoms with van der Waals surface area (Å²) in [4.78, 5) is 0. The van der Waals surface area contributed by atoms with E-state index in [1.54, 1.807) is 0 Å². The van der Waals surface area contributed by atoms with Gasteiger partial charge in [-0.3, -0.25) is 0 Å². The molecule has 1 unspecified atom stereocenters. The summed E-state index contributed by atoms with van der Waals surface area (Å²) in [5.41, 5.74) is 4.41. The van der Waals surface area contributed by atoms with Crippen molar-refractivity contribution in [2.45, 2.75) is 11.0 Å². The van der Waals surface area contributed by atoms with E-state index >= 15 is 0 Å². The topological polar surface area (TPSA) is 0 Å². The highest BCUT2D eigenvalue weighted by Gasteiger charge is 2.23. The fourth-order valence-electron chi connectivity index (χ4n) is 2.09. The number of fused-ring (bicyclic) bond motifs is 1. The third-order valence-electron chi connectivity index (χ3n) is 2.85. The molecule has 0 spiro atoms. The third-order valence-corrected chi connectivity index (χ3v) is 4.18. The Hall–Kier alpha value is -1.21. The van der Waals surface area contributed by atoms with Crippen LogP contribution in [0.15, 0.2) is 54.6 Å². The van der Waals surface area contributed by atoms with E-state index in [2.05, 4.69) is 54.6 Å². The van der Waals surface area contributed by atoms with E-state index in [4.69, 9.17) is 0 Å². The molecule has 15 heavy (non-hydrogen) atoms. The van der Waals surface area contributed by atoms with Crippen LogP contribution in [0.5, 0.6) is 0 Å². The van der Waals surface area contributed by atoms with Crippen molar-refractivity contribution in [3.63, 3.8) is 0 Å². The maximum Gasteiger partial charge on any atom is 0.0552 e. The van der Waals surface area contributed by atoms with Crippen LogP contribution >= 0.6 is 11.8 Å². The minimum atomic E-state index is 0.544. The van der Waals surface area contributed by atoms with Crippen molar-refractivity contribution >= 4 is 11.8 Å². The average Bonchev–Trinajstić information content (AvgIpc) is 2.74. The van der Waals surface area contributed by atoms with Crippen LogP contribution in [0, 0.1) is 0 Å². The van der Waals surface area contributed by atoms with E-state index in [1.807, 2.05) is 11.8 Å². The van der Waals surface area contributed by atoms with Crippen LogP contribution in [0.2, 0.25) is 0 Å². The normalized spacial score (nSPS) is 18.8. The second-order valence-electron chi connectivity index (χ2n) is 3.80. The SMILES string of the molecule is c1ccc(C2SCc3ccccc32)cc1. The van der Waals surface area contributed by atoms with Crippen LogP contribution in [0.25, 0.3) is 0 Å². The Morgan fingerprint density at radius 2 is 1.60 bits per heavy atom. The van der Waals surface area contributed by atoms with Crippen molar-refractivity contribution in [3.8, 4) is 0 Å². The first-order valence-electron chi connectivity index (χ1n) is 5.19. The highest BCUT2D eigenvalue weighted by molar-refractivity contribution is 7.99. The lowest BCUT2D eigenvalue weighted by Gasteiger charge is -2.10. The minimum Gasteiger partial charge on any atom is -0.144 e. The lowest BCUT2D eigenvalue weighted by molar-refractivity contribution is 1.16. The number of benzene rings is 2. The van der Waals surface area contributed by atoms with E-state index in [0.717, 1.165) is 5.75 Å². The Labute approximate surface area is 94.3 Å². The van der Waals surface area contributed by atoms with E-state index in [9.17, 15) is 0 Å². The van der Waals surface area contributed by atoms with Gasteiger partial charge in [0.05, 0.1) is 5.25 Å². The molecule has 0 aromatic heterocycles. The van der Waals surface area contributed by atoms with Gasteiger partial charge in [-0.2, -0.15) is 0 Å². The molecule has 1 aliphatic heterocycles. The van der Waals surface area contributed by atoms with Gasteiger partial charge < -0.3 is 0 Å². The average molecular weight is 212 g/mol. The number of hydrogen-bond acceptors (Lipinski definition) is 1. The zero-order chi connectivity index (χ0) is 10.1. The highest BCUT2D eigenvalue weighted by Crippen LogP contribution is 2.45. The van der Waals surface area contributed by atoms with Crippen LogP contribution in [0.4, 0.5) is 0 Å². The first-order chi connectivity index (χ1) is 7.45. The molecule has 3 rings (SSSR count). The maximum absolute atomic E-state index is 2.26. The maximum atomic E-state index is 2.26. The van der Waals surface area contributed by atoms with Crippen molar-refractivity contribution in [2.24, 2.45) is 0 Å². The number of rotatable bonds is 1. The smallest absolute Gasteiger partial charge is 0.0552 e. The van der Waals surface area contributed by atoms with E-state index in [-0.39, 0.29) is 0 Å². The Bertz CT molecular complexity index is 462. The molecule has 2 aromatic rings. The van der Waals surface area contributed by atoms with Crippen LogP contribution in [-0.2, 0) is 5.75 Å². The molecule has 0 fully saturated rings. The van der Waals surface area contributed by atoms with Gasteiger partial charge >= 0.3 is 0 Å². The Balaban J connectivity index is 2.05. The van der Waals surface area contributed by atoms with Gasteiger partial charge in [-0.05, 0) is 16.7 Å². The zero-order valence-corrected chi connectivity index (χ0v) is 9.21. The summed E-state index contributed by atoms with van der Waals surface area (Å²) in [6, 6.07) is 19.5. The molecule has 0 radical (unpaired) electrons. The van der Waals surface area contributed by atoms with Gasteiger partial charge in [0, 0.05) is 5.75 Å². The summed E-state index contributed by atoms with van der Waals surface area (Å²) in [6.07, 6.45) is 0. The molecule has 1 aliphatic rings. The molecular weight excluding hydrogens is 200 g/mol. The fourth-order valence-corrected chi connectivity index (χ4v) is 3.46. The molecule has 2 aromatic carbocycles. The van der Waals surface area contributed by atoms with Crippen molar-refractivity contribution in [1.29, 1.82) is 0 Å². The summed E-state index contributed by atoms with van der Waals surface area (Å²) in [6.45, 7) is 0. The number of hydrogen-bond donors (Lipinski definition) is 0. The second-order valence-corrected chi connectivity index (χ2v) is 4.89. The van der Waals surface area contributed by atoms with E-state index in [1.165, 1.54) is 16.7 Å². The predicted octanol–water partition coefficient (Wildman–Crippen LogP) is 4.02. The van der Waals surface area contributed by atoms with Crippen LogP contribution in [0.3, 0.4) is 0 Å². The summed E-state index contributed by atoms with van der Waals surface area (Å²) in [5, 5.41) is 0.544. The molecule has 0 amide bonds. The van der Waals surface area contributed by atoms with Crippen molar-refractivity contribution in [2.75, 3.05) is 0 Å². The first kappa shape index (κ1) is 9.05. The molecule has 1 heteroatoms. The third kappa shape index (κ3) is 1.57. The molecule has 74 valence electrons. The minimum absolute atomic E-state index is 0.544. The lowest BCUT2D eigenvalue weighted by Crippen LogP contribution is -1.91. The summed E-state index contributed by atoms with van der Waals surface area (Å²) in [7, 11) is 0. The summed E-state index contributed by atoms with van der Waals surface area (Å²) in [5.74, 6) is 1.15. The molecule has 0 aliphatic carbocycles. The number of thioether (sulfide) groups is 1. The molecule has 1 atom stereocenters. The van der Waals surface area contributed by atoms with Crippen molar-refractivity contribution in [1.82, 2.24) is 0 Å². The largest absolute Gasteiger partial charge is 0.144 e. The standard InChI is InChI=1S/C14H12S/c1-2-6-11(7-3-1)14-13-9-5-4-8-12(13)10-15-14/h1-9,14H,10H2. The van der Waals surface area contributed by atoms with Gasteiger partial charge in [-0.15, -0.1) is 11.8 Å². The van der Waals surface area contributed by atoms with Crippen LogP contribution < -0.4 is 0 Å². The van der Waals surface area contributed by atoms with Gasteiger partial charge in [0.1, 0.15) is 0 Å². The highest BCUT2D eigenvalue weighted by atomic mass is 32.2.